The molecule has 0 spiro atoms. The third-order valence-electron chi connectivity index (χ3n) is 5.67. The number of ether oxygens (including phenoxy) is 1. The van der Waals surface area contributed by atoms with E-state index in [1.165, 1.54) is 25.9 Å². The first-order valence-corrected chi connectivity index (χ1v) is 9.86. The van der Waals surface area contributed by atoms with Gasteiger partial charge in [0.25, 0.3) is 0 Å². The lowest BCUT2D eigenvalue weighted by molar-refractivity contribution is -0.00814. The number of likely N-dealkylation sites (tertiary alicyclic amines) is 1. The average molecular weight is 363 g/mol. The van der Waals surface area contributed by atoms with Crippen molar-refractivity contribution in [2.75, 3.05) is 46.4 Å². The Balaban J connectivity index is 1.51. The molecule has 2 atom stereocenters. The number of nitrogens with one attached hydrogen (secondary N) is 1. The van der Waals surface area contributed by atoms with Gasteiger partial charge in [0.15, 0.2) is 5.96 Å². The van der Waals surface area contributed by atoms with Gasteiger partial charge >= 0.3 is 0 Å². The molecule has 146 valence electrons. The molecule has 1 aromatic heterocycles. The first-order valence-electron chi connectivity index (χ1n) is 9.86. The minimum Gasteiger partial charge on any atom is -0.370 e. The van der Waals surface area contributed by atoms with E-state index in [1.807, 2.05) is 31.2 Å². The van der Waals surface area contributed by atoms with Crippen LogP contribution in [0.5, 0.6) is 0 Å². The van der Waals surface area contributed by atoms with Crippen molar-refractivity contribution < 1.29 is 4.74 Å². The number of hydrogen-bond donors (Lipinski definition) is 1. The lowest BCUT2D eigenvalue weighted by Crippen LogP contribution is -2.52. The van der Waals surface area contributed by atoms with Crippen LogP contribution in [0.25, 0.3) is 0 Å². The molecular formula is C19H34N6O. The molecule has 2 saturated heterocycles. The van der Waals surface area contributed by atoms with Gasteiger partial charge in [0.1, 0.15) is 6.10 Å². The number of piperidine rings is 1. The van der Waals surface area contributed by atoms with Crippen LogP contribution in [0.15, 0.2) is 17.4 Å². The maximum atomic E-state index is 5.95. The lowest BCUT2D eigenvalue weighted by Gasteiger charge is -2.37. The molecule has 0 aliphatic carbocycles. The second-order valence-corrected chi connectivity index (χ2v) is 7.75. The van der Waals surface area contributed by atoms with E-state index < -0.39 is 0 Å². The van der Waals surface area contributed by atoms with Gasteiger partial charge in [0, 0.05) is 45.0 Å². The second-order valence-electron chi connectivity index (χ2n) is 7.75. The van der Waals surface area contributed by atoms with E-state index >= 15 is 0 Å². The van der Waals surface area contributed by atoms with Crippen molar-refractivity contribution in [3.63, 3.8) is 0 Å². The SMILES string of the molecule is CN=C(NCC(C)N1CCC(C)CC1)N1CCOC(c2cnn(C)c2)C1. The van der Waals surface area contributed by atoms with Crippen LogP contribution in [0.4, 0.5) is 0 Å². The number of nitrogens with zero attached hydrogens (tertiary/aromatic N) is 5. The Morgan fingerprint density at radius 1 is 1.38 bits per heavy atom. The van der Waals surface area contributed by atoms with Crippen molar-refractivity contribution in [2.24, 2.45) is 18.0 Å². The molecule has 2 fully saturated rings. The molecule has 2 aliphatic heterocycles. The highest BCUT2D eigenvalue weighted by molar-refractivity contribution is 5.80. The number of hydrogen-bond acceptors (Lipinski definition) is 4. The first-order chi connectivity index (χ1) is 12.6. The van der Waals surface area contributed by atoms with Gasteiger partial charge in [-0.25, -0.2) is 0 Å². The zero-order valence-electron chi connectivity index (χ0n) is 16.7. The normalized spacial score (nSPS) is 24.7. The molecule has 1 N–H and O–H groups in total. The molecule has 7 nitrogen and oxygen atoms in total. The Bertz CT molecular complexity index is 593. The van der Waals surface area contributed by atoms with E-state index in [-0.39, 0.29) is 6.10 Å². The summed E-state index contributed by atoms with van der Waals surface area (Å²) in [5.41, 5.74) is 1.13. The van der Waals surface area contributed by atoms with Crippen LogP contribution in [0.2, 0.25) is 0 Å². The fraction of sp³-hybridized carbons (Fsp3) is 0.789. The van der Waals surface area contributed by atoms with Crippen molar-refractivity contribution in [2.45, 2.75) is 38.8 Å². The molecule has 0 radical (unpaired) electrons. The minimum absolute atomic E-state index is 0.0528. The van der Waals surface area contributed by atoms with Gasteiger partial charge in [-0.3, -0.25) is 14.6 Å². The van der Waals surface area contributed by atoms with Crippen LogP contribution in [-0.4, -0.2) is 78.0 Å². The highest BCUT2D eigenvalue weighted by atomic mass is 16.5. The Hall–Kier alpha value is -1.60. The molecule has 7 heteroatoms. The molecule has 3 rings (SSSR count). The van der Waals surface area contributed by atoms with Crippen molar-refractivity contribution in [1.82, 2.24) is 24.9 Å². The summed E-state index contributed by atoms with van der Waals surface area (Å²) < 4.78 is 7.77. The predicted octanol–water partition coefficient (Wildman–Crippen LogP) is 1.49. The summed E-state index contributed by atoms with van der Waals surface area (Å²) in [5.74, 6) is 1.84. The van der Waals surface area contributed by atoms with Crippen LogP contribution in [0.3, 0.4) is 0 Å². The predicted molar refractivity (Wildman–Crippen MR) is 104 cm³/mol. The molecule has 2 unspecified atom stereocenters. The van der Waals surface area contributed by atoms with Crippen LogP contribution < -0.4 is 5.32 Å². The molecule has 0 amide bonds. The first kappa shape index (κ1) is 19.2. The molecule has 3 heterocycles. The standard InChI is InChI=1S/C19H34N6O/c1-15-5-7-24(8-6-15)16(2)11-21-19(20-3)25-9-10-26-18(14-25)17-12-22-23(4)13-17/h12-13,15-16,18H,5-11,14H2,1-4H3,(H,20,21). The summed E-state index contributed by atoms with van der Waals surface area (Å²) in [5, 5.41) is 7.85. The fourth-order valence-corrected chi connectivity index (χ4v) is 3.82. The average Bonchev–Trinajstić information content (AvgIpc) is 3.09. The molecule has 2 aliphatic rings. The molecule has 26 heavy (non-hydrogen) atoms. The number of morpholine rings is 1. The van der Waals surface area contributed by atoms with Gasteiger partial charge in [-0.05, 0) is 38.8 Å². The third kappa shape index (κ3) is 4.76. The fourth-order valence-electron chi connectivity index (χ4n) is 3.82. The second kappa shape index (κ2) is 8.86. The summed E-state index contributed by atoms with van der Waals surface area (Å²) in [4.78, 5) is 9.40. The van der Waals surface area contributed by atoms with E-state index in [1.54, 1.807) is 0 Å². The molecular weight excluding hydrogens is 328 g/mol. The number of rotatable bonds is 4. The summed E-state index contributed by atoms with van der Waals surface area (Å²) in [6.45, 7) is 10.4. The van der Waals surface area contributed by atoms with Gasteiger partial charge in [-0.15, -0.1) is 0 Å². The molecule has 0 bridgehead atoms. The van der Waals surface area contributed by atoms with Crippen LogP contribution in [0.1, 0.15) is 38.4 Å². The number of aromatic nitrogens is 2. The minimum atomic E-state index is 0.0528. The quantitative estimate of drug-likeness (QED) is 0.650. The topological polar surface area (TPSA) is 57.9 Å². The summed E-state index contributed by atoms with van der Waals surface area (Å²) in [7, 11) is 3.80. The zero-order chi connectivity index (χ0) is 18.5. The molecule has 1 aromatic rings. The van der Waals surface area contributed by atoms with E-state index in [9.17, 15) is 0 Å². The maximum Gasteiger partial charge on any atom is 0.193 e. The highest BCUT2D eigenvalue weighted by Crippen LogP contribution is 2.22. The van der Waals surface area contributed by atoms with Gasteiger partial charge in [-0.1, -0.05) is 6.92 Å². The Morgan fingerprint density at radius 2 is 2.15 bits per heavy atom. The number of guanidine groups is 1. The van der Waals surface area contributed by atoms with E-state index in [2.05, 4.69) is 39.1 Å². The lowest BCUT2D eigenvalue weighted by atomic mass is 9.98. The molecule has 0 saturated carbocycles. The van der Waals surface area contributed by atoms with Crippen molar-refractivity contribution >= 4 is 5.96 Å². The third-order valence-corrected chi connectivity index (χ3v) is 5.67. The van der Waals surface area contributed by atoms with Crippen LogP contribution in [-0.2, 0) is 11.8 Å². The summed E-state index contributed by atoms with van der Waals surface area (Å²) >= 11 is 0. The monoisotopic (exact) mass is 362 g/mol. The van der Waals surface area contributed by atoms with Gasteiger partial charge in [0.05, 0.1) is 19.3 Å². The highest BCUT2D eigenvalue weighted by Gasteiger charge is 2.26. The van der Waals surface area contributed by atoms with Gasteiger partial charge < -0.3 is 15.0 Å². The zero-order valence-corrected chi connectivity index (χ0v) is 16.7. The van der Waals surface area contributed by atoms with Gasteiger partial charge in [0.2, 0.25) is 0 Å². The molecule has 0 aromatic carbocycles. The van der Waals surface area contributed by atoms with E-state index in [4.69, 9.17) is 4.74 Å². The Kier molecular flexibility index (Phi) is 6.53. The number of aliphatic imine (C=N–C) groups is 1. The van der Waals surface area contributed by atoms with Crippen molar-refractivity contribution in [3.8, 4) is 0 Å². The summed E-state index contributed by atoms with van der Waals surface area (Å²) in [6.07, 6.45) is 6.61. The van der Waals surface area contributed by atoms with E-state index in [0.29, 0.717) is 12.6 Å². The van der Waals surface area contributed by atoms with Crippen LogP contribution in [0, 0.1) is 5.92 Å². The Morgan fingerprint density at radius 3 is 2.81 bits per heavy atom. The van der Waals surface area contributed by atoms with Crippen molar-refractivity contribution in [1.29, 1.82) is 0 Å². The smallest absolute Gasteiger partial charge is 0.193 e. The van der Waals surface area contributed by atoms with Crippen LogP contribution >= 0.6 is 0 Å². The largest absolute Gasteiger partial charge is 0.370 e. The van der Waals surface area contributed by atoms with E-state index in [0.717, 1.165) is 37.1 Å². The maximum absolute atomic E-state index is 5.95. The number of aryl methyl sites for hydroxylation is 1. The van der Waals surface area contributed by atoms with Crippen molar-refractivity contribution in [3.05, 3.63) is 18.0 Å². The van der Waals surface area contributed by atoms with Gasteiger partial charge in [-0.2, -0.15) is 5.10 Å². The summed E-state index contributed by atoms with van der Waals surface area (Å²) in [6, 6.07) is 0.523. The Labute approximate surface area is 157 Å².